The van der Waals surface area contributed by atoms with E-state index in [2.05, 4.69) is 28.8 Å². The molecule has 0 spiro atoms. The number of esters is 1. The molecular weight excluding hydrogens is 396 g/mol. The summed E-state index contributed by atoms with van der Waals surface area (Å²) < 4.78 is 16.7. The van der Waals surface area contributed by atoms with Crippen LogP contribution < -0.4 is 20.1 Å². The topological polar surface area (TPSA) is 85.9 Å². The molecule has 1 unspecified atom stereocenters. The van der Waals surface area contributed by atoms with Crippen molar-refractivity contribution in [2.45, 2.75) is 40.3 Å². The molecule has 0 aliphatic carbocycles. The second-order valence-corrected chi connectivity index (χ2v) is 7.42. The number of nitrogens with one attached hydrogen (secondary N) is 2. The fourth-order valence-electron chi connectivity index (χ4n) is 3.52. The average Bonchev–Trinajstić information content (AvgIpc) is 2.73. The molecule has 7 nitrogen and oxygen atoms in total. The summed E-state index contributed by atoms with van der Waals surface area (Å²) in [7, 11) is 1.55. The number of aryl methyl sites for hydroxylation is 2. The third-order valence-electron chi connectivity index (χ3n) is 5.17. The van der Waals surface area contributed by atoms with Gasteiger partial charge < -0.3 is 24.8 Å². The summed E-state index contributed by atoms with van der Waals surface area (Å²) in [6, 6.07) is 10.5. The molecule has 0 aromatic heterocycles. The van der Waals surface area contributed by atoms with Crippen LogP contribution in [-0.4, -0.2) is 25.7 Å². The number of amides is 2. The van der Waals surface area contributed by atoms with E-state index < -0.39 is 12.0 Å². The standard InChI is InChI=1S/C24H28N2O5/c1-6-30-23(27)21-16(4)25-24(28)26-22(21)17-9-10-19(20(12-17)29-5)31-13-18-11-14(2)7-8-15(18)3/h7-12,22H,6,13H2,1-5H3,(H2,25,26,28). The SMILES string of the molecule is CCOC(=O)C1=C(C)NC(=O)NC1c1ccc(OCc2cc(C)ccc2C)c(OC)c1. The first-order valence-electron chi connectivity index (χ1n) is 10.2. The number of ether oxygens (including phenoxy) is 3. The Morgan fingerprint density at radius 2 is 1.84 bits per heavy atom. The molecule has 1 aliphatic heterocycles. The highest BCUT2D eigenvalue weighted by Crippen LogP contribution is 2.35. The Bertz CT molecular complexity index is 1030. The van der Waals surface area contributed by atoms with Crippen LogP contribution in [0.1, 0.15) is 42.1 Å². The molecule has 0 saturated carbocycles. The molecule has 7 heteroatoms. The van der Waals surface area contributed by atoms with E-state index in [0.29, 0.717) is 34.9 Å². The monoisotopic (exact) mass is 424 g/mol. The Kier molecular flexibility index (Phi) is 6.84. The minimum Gasteiger partial charge on any atom is -0.493 e. The molecule has 0 saturated heterocycles. The van der Waals surface area contributed by atoms with Gasteiger partial charge in [-0.25, -0.2) is 9.59 Å². The van der Waals surface area contributed by atoms with Crippen molar-refractivity contribution in [1.29, 1.82) is 0 Å². The normalized spacial score (nSPS) is 15.8. The lowest BCUT2D eigenvalue weighted by atomic mass is 9.95. The van der Waals surface area contributed by atoms with E-state index in [9.17, 15) is 9.59 Å². The molecular formula is C24H28N2O5. The van der Waals surface area contributed by atoms with Gasteiger partial charge >= 0.3 is 12.0 Å². The van der Waals surface area contributed by atoms with Crippen molar-refractivity contribution in [3.05, 3.63) is 69.9 Å². The zero-order valence-corrected chi connectivity index (χ0v) is 18.5. The first kappa shape index (κ1) is 22.2. The van der Waals surface area contributed by atoms with Crippen LogP contribution in [0.2, 0.25) is 0 Å². The van der Waals surface area contributed by atoms with Crippen LogP contribution in [0.15, 0.2) is 47.7 Å². The number of hydrogen-bond donors (Lipinski definition) is 2. The smallest absolute Gasteiger partial charge is 0.338 e. The van der Waals surface area contributed by atoms with Crippen LogP contribution in [-0.2, 0) is 16.1 Å². The number of benzene rings is 2. The van der Waals surface area contributed by atoms with Crippen LogP contribution in [0.4, 0.5) is 4.79 Å². The third-order valence-corrected chi connectivity index (χ3v) is 5.17. The average molecular weight is 424 g/mol. The maximum Gasteiger partial charge on any atom is 0.338 e. The van der Waals surface area contributed by atoms with Gasteiger partial charge in [0.1, 0.15) is 6.61 Å². The second kappa shape index (κ2) is 9.55. The van der Waals surface area contributed by atoms with Crippen molar-refractivity contribution in [2.75, 3.05) is 13.7 Å². The van der Waals surface area contributed by atoms with Gasteiger partial charge in [-0.3, -0.25) is 0 Å². The first-order valence-corrected chi connectivity index (χ1v) is 10.2. The summed E-state index contributed by atoms with van der Waals surface area (Å²) in [6.07, 6.45) is 0. The van der Waals surface area contributed by atoms with Gasteiger partial charge in [-0.2, -0.15) is 0 Å². The minimum atomic E-state index is -0.658. The van der Waals surface area contributed by atoms with Gasteiger partial charge in [0.15, 0.2) is 11.5 Å². The Labute approximate surface area is 182 Å². The van der Waals surface area contributed by atoms with Gasteiger partial charge in [0.25, 0.3) is 0 Å². The molecule has 2 aromatic rings. The summed E-state index contributed by atoms with van der Waals surface area (Å²) in [6.45, 7) is 8.15. The molecule has 164 valence electrons. The zero-order valence-electron chi connectivity index (χ0n) is 18.5. The lowest BCUT2D eigenvalue weighted by Gasteiger charge is -2.28. The molecule has 0 bridgehead atoms. The molecule has 2 aromatic carbocycles. The molecule has 1 atom stereocenters. The predicted molar refractivity (Wildman–Crippen MR) is 117 cm³/mol. The number of carbonyl (C=O) groups is 2. The van der Waals surface area contributed by atoms with Crippen molar-refractivity contribution in [3.63, 3.8) is 0 Å². The molecule has 0 radical (unpaired) electrons. The fourth-order valence-corrected chi connectivity index (χ4v) is 3.52. The first-order chi connectivity index (χ1) is 14.8. The van der Waals surface area contributed by atoms with E-state index in [-0.39, 0.29) is 12.6 Å². The van der Waals surface area contributed by atoms with E-state index in [1.165, 1.54) is 5.56 Å². The van der Waals surface area contributed by atoms with Gasteiger partial charge in [-0.15, -0.1) is 0 Å². The van der Waals surface area contributed by atoms with Crippen LogP contribution in [0.25, 0.3) is 0 Å². The van der Waals surface area contributed by atoms with Crippen molar-refractivity contribution in [2.24, 2.45) is 0 Å². The quantitative estimate of drug-likeness (QED) is 0.654. The van der Waals surface area contributed by atoms with E-state index >= 15 is 0 Å². The largest absolute Gasteiger partial charge is 0.493 e. The van der Waals surface area contributed by atoms with E-state index in [1.54, 1.807) is 33.1 Å². The van der Waals surface area contributed by atoms with Gasteiger partial charge in [0, 0.05) is 5.70 Å². The molecule has 0 fully saturated rings. The fraction of sp³-hybridized carbons (Fsp3) is 0.333. The van der Waals surface area contributed by atoms with Crippen LogP contribution in [0.5, 0.6) is 11.5 Å². The minimum absolute atomic E-state index is 0.241. The highest BCUT2D eigenvalue weighted by Gasteiger charge is 2.32. The molecule has 3 rings (SSSR count). The Balaban J connectivity index is 1.89. The Morgan fingerprint density at radius 3 is 2.55 bits per heavy atom. The summed E-state index contributed by atoms with van der Waals surface area (Å²) in [4.78, 5) is 24.6. The summed E-state index contributed by atoms with van der Waals surface area (Å²) in [5, 5.41) is 5.42. The molecule has 1 aliphatic rings. The zero-order chi connectivity index (χ0) is 22.5. The summed E-state index contributed by atoms with van der Waals surface area (Å²) in [5.74, 6) is 0.606. The number of allylic oxidation sites excluding steroid dienone is 1. The van der Waals surface area contributed by atoms with Crippen LogP contribution in [0.3, 0.4) is 0 Å². The molecule has 31 heavy (non-hydrogen) atoms. The second-order valence-electron chi connectivity index (χ2n) is 7.42. The molecule has 2 N–H and O–H groups in total. The van der Waals surface area contributed by atoms with Crippen molar-refractivity contribution in [1.82, 2.24) is 10.6 Å². The van der Waals surface area contributed by atoms with Crippen molar-refractivity contribution in [3.8, 4) is 11.5 Å². The van der Waals surface area contributed by atoms with E-state index in [0.717, 1.165) is 11.1 Å². The number of hydrogen-bond acceptors (Lipinski definition) is 5. The number of methoxy groups -OCH3 is 1. The van der Waals surface area contributed by atoms with Gasteiger partial charge in [-0.05, 0) is 56.5 Å². The lowest BCUT2D eigenvalue weighted by molar-refractivity contribution is -0.139. The van der Waals surface area contributed by atoms with Gasteiger partial charge in [0.2, 0.25) is 0 Å². The predicted octanol–water partition coefficient (Wildman–Crippen LogP) is 4.08. The molecule has 2 amide bonds. The Morgan fingerprint density at radius 1 is 1.06 bits per heavy atom. The van der Waals surface area contributed by atoms with Gasteiger partial charge in [-0.1, -0.05) is 29.8 Å². The van der Waals surface area contributed by atoms with E-state index in [1.807, 2.05) is 19.9 Å². The highest BCUT2D eigenvalue weighted by molar-refractivity contribution is 5.95. The summed E-state index contributed by atoms with van der Waals surface area (Å²) in [5.41, 5.74) is 4.92. The van der Waals surface area contributed by atoms with Crippen molar-refractivity contribution < 1.29 is 23.8 Å². The van der Waals surface area contributed by atoms with Crippen LogP contribution in [0, 0.1) is 13.8 Å². The number of urea groups is 1. The molecule has 1 heterocycles. The summed E-state index contributed by atoms with van der Waals surface area (Å²) >= 11 is 0. The number of rotatable bonds is 7. The van der Waals surface area contributed by atoms with Gasteiger partial charge in [0.05, 0.1) is 25.3 Å². The number of carbonyl (C=O) groups excluding carboxylic acids is 2. The van der Waals surface area contributed by atoms with Crippen LogP contribution >= 0.6 is 0 Å². The third kappa shape index (κ3) is 4.99. The van der Waals surface area contributed by atoms with E-state index in [4.69, 9.17) is 14.2 Å². The highest BCUT2D eigenvalue weighted by atomic mass is 16.5. The van der Waals surface area contributed by atoms with Crippen molar-refractivity contribution >= 4 is 12.0 Å². The lowest BCUT2D eigenvalue weighted by Crippen LogP contribution is -2.45. The maximum absolute atomic E-state index is 12.5. The maximum atomic E-state index is 12.5. The Hall–Kier alpha value is -3.48.